The van der Waals surface area contributed by atoms with E-state index in [4.69, 9.17) is 5.73 Å². The molecule has 21 heavy (non-hydrogen) atoms. The summed E-state index contributed by atoms with van der Waals surface area (Å²) in [6.45, 7) is 4.33. The molecule has 2 N–H and O–H groups in total. The molecule has 3 aromatic rings. The summed E-state index contributed by atoms with van der Waals surface area (Å²) in [6, 6.07) is 21.3. The molecule has 106 valence electrons. The van der Waals surface area contributed by atoms with Crippen LogP contribution in [0.4, 0.5) is 0 Å². The fraction of sp³-hybridized carbons (Fsp3) is 0.200. The zero-order chi connectivity index (χ0) is 14.8. The van der Waals surface area contributed by atoms with Crippen LogP contribution in [0.3, 0.4) is 0 Å². The van der Waals surface area contributed by atoms with Crippen molar-refractivity contribution in [3.8, 4) is 0 Å². The van der Waals surface area contributed by atoms with Crippen LogP contribution in [-0.4, -0.2) is 0 Å². The Labute approximate surface area is 126 Å². The molecule has 0 radical (unpaired) electrons. The average Bonchev–Trinajstić information content (AvgIpc) is 2.50. The van der Waals surface area contributed by atoms with Crippen molar-refractivity contribution in [2.45, 2.75) is 26.3 Å². The van der Waals surface area contributed by atoms with Crippen molar-refractivity contribution >= 4 is 10.8 Å². The molecule has 0 aliphatic carbocycles. The van der Waals surface area contributed by atoms with Gasteiger partial charge in [0.15, 0.2) is 0 Å². The zero-order valence-electron chi connectivity index (χ0n) is 12.6. The molecule has 0 bridgehead atoms. The first-order valence-corrected chi connectivity index (χ1v) is 7.45. The summed E-state index contributed by atoms with van der Waals surface area (Å²) < 4.78 is 0. The van der Waals surface area contributed by atoms with Crippen molar-refractivity contribution in [2.75, 3.05) is 0 Å². The third-order valence-electron chi connectivity index (χ3n) is 4.29. The maximum absolute atomic E-state index is 6.53. The Balaban J connectivity index is 2.00. The average molecular weight is 275 g/mol. The lowest BCUT2D eigenvalue weighted by atomic mass is 9.91. The first-order chi connectivity index (χ1) is 10.2. The fourth-order valence-corrected chi connectivity index (χ4v) is 3.07. The van der Waals surface area contributed by atoms with Crippen LogP contribution in [0.1, 0.15) is 28.3 Å². The lowest BCUT2D eigenvalue weighted by molar-refractivity contribution is 0.721. The fourth-order valence-electron chi connectivity index (χ4n) is 3.07. The molecular weight excluding hydrogens is 254 g/mol. The highest BCUT2D eigenvalue weighted by Gasteiger charge is 2.13. The van der Waals surface area contributed by atoms with E-state index in [1.54, 1.807) is 0 Å². The van der Waals surface area contributed by atoms with Gasteiger partial charge in [-0.15, -0.1) is 0 Å². The highest BCUT2D eigenvalue weighted by Crippen LogP contribution is 2.27. The summed E-state index contributed by atoms with van der Waals surface area (Å²) in [6.07, 6.45) is 0.881. The van der Waals surface area contributed by atoms with E-state index in [2.05, 4.69) is 74.5 Å². The van der Waals surface area contributed by atoms with Gasteiger partial charge >= 0.3 is 0 Å². The highest BCUT2D eigenvalue weighted by molar-refractivity contribution is 5.86. The molecule has 0 saturated carbocycles. The van der Waals surface area contributed by atoms with Crippen molar-refractivity contribution in [1.29, 1.82) is 0 Å². The summed E-state index contributed by atoms with van der Waals surface area (Å²) in [5.74, 6) is 0. The molecule has 1 heteroatoms. The first-order valence-electron chi connectivity index (χ1n) is 7.45. The molecule has 0 aromatic heterocycles. The molecule has 0 aliphatic heterocycles. The van der Waals surface area contributed by atoms with Crippen molar-refractivity contribution in [2.24, 2.45) is 5.73 Å². The number of aryl methyl sites for hydroxylation is 2. The van der Waals surface area contributed by atoms with E-state index in [1.807, 2.05) is 0 Å². The molecule has 1 atom stereocenters. The van der Waals surface area contributed by atoms with Crippen LogP contribution in [-0.2, 0) is 6.42 Å². The van der Waals surface area contributed by atoms with E-state index in [0.717, 1.165) is 6.42 Å². The second-order valence-corrected chi connectivity index (χ2v) is 5.75. The smallest absolute Gasteiger partial charge is 0.0342 e. The molecule has 1 unspecified atom stereocenters. The van der Waals surface area contributed by atoms with Crippen LogP contribution in [0.5, 0.6) is 0 Å². The lowest BCUT2D eigenvalue weighted by Gasteiger charge is -2.18. The Morgan fingerprint density at radius 2 is 1.43 bits per heavy atom. The van der Waals surface area contributed by atoms with E-state index < -0.39 is 0 Å². The lowest BCUT2D eigenvalue weighted by Crippen LogP contribution is -2.15. The van der Waals surface area contributed by atoms with Crippen LogP contribution < -0.4 is 5.73 Å². The van der Waals surface area contributed by atoms with Crippen LogP contribution in [0.25, 0.3) is 10.8 Å². The summed E-state index contributed by atoms with van der Waals surface area (Å²) in [5, 5.41) is 2.52. The van der Waals surface area contributed by atoms with Gasteiger partial charge in [0, 0.05) is 6.04 Å². The summed E-state index contributed by atoms with van der Waals surface area (Å²) in [4.78, 5) is 0. The Bertz CT molecular complexity index is 748. The van der Waals surface area contributed by atoms with E-state index >= 15 is 0 Å². The number of benzene rings is 3. The molecule has 0 aliphatic rings. The molecule has 3 aromatic carbocycles. The Kier molecular flexibility index (Phi) is 3.76. The van der Waals surface area contributed by atoms with Crippen molar-refractivity contribution in [1.82, 2.24) is 0 Å². The van der Waals surface area contributed by atoms with Gasteiger partial charge in [0.05, 0.1) is 0 Å². The SMILES string of the molecule is Cc1cccc(C)c1CC(N)c1cccc2ccccc12. The third-order valence-corrected chi connectivity index (χ3v) is 4.29. The van der Waals surface area contributed by atoms with Crippen LogP contribution >= 0.6 is 0 Å². The molecule has 0 spiro atoms. The zero-order valence-corrected chi connectivity index (χ0v) is 12.6. The molecule has 0 amide bonds. The molecule has 3 rings (SSSR count). The predicted octanol–water partition coefficient (Wildman–Crippen LogP) is 4.70. The number of fused-ring (bicyclic) bond motifs is 1. The van der Waals surface area contributed by atoms with Gasteiger partial charge in [-0.3, -0.25) is 0 Å². The van der Waals surface area contributed by atoms with Crippen LogP contribution in [0.15, 0.2) is 60.7 Å². The minimum absolute atomic E-state index is 0.0240. The second-order valence-electron chi connectivity index (χ2n) is 5.75. The maximum Gasteiger partial charge on any atom is 0.0342 e. The van der Waals surface area contributed by atoms with Crippen LogP contribution in [0.2, 0.25) is 0 Å². The van der Waals surface area contributed by atoms with Crippen molar-refractivity contribution in [3.63, 3.8) is 0 Å². The minimum atomic E-state index is 0.0240. The van der Waals surface area contributed by atoms with Gasteiger partial charge < -0.3 is 5.73 Å². The predicted molar refractivity (Wildman–Crippen MR) is 90.5 cm³/mol. The Morgan fingerprint density at radius 1 is 0.810 bits per heavy atom. The van der Waals surface area contributed by atoms with Crippen LogP contribution in [0, 0.1) is 13.8 Å². The molecule has 1 nitrogen and oxygen atoms in total. The summed E-state index contributed by atoms with van der Waals surface area (Å²) >= 11 is 0. The van der Waals surface area contributed by atoms with E-state index in [1.165, 1.54) is 33.0 Å². The monoisotopic (exact) mass is 275 g/mol. The molecule has 0 fully saturated rings. The Morgan fingerprint density at radius 3 is 2.19 bits per heavy atom. The minimum Gasteiger partial charge on any atom is -0.324 e. The van der Waals surface area contributed by atoms with Gasteiger partial charge in [-0.25, -0.2) is 0 Å². The normalized spacial score (nSPS) is 12.5. The molecular formula is C20H21N. The van der Waals surface area contributed by atoms with Gasteiger partial charge in [-0.1, -0.05) is 60.7 Å². The van der Waals surface area contributed by atoms with Gasteiger partial charge in [-0.05, 0) is 53.3 Å². The van der Waals surface area contributed by atoms with Crippen molar-refractivity contribution < 1.29 is 0 Å². The van der Waals surface area contributed by atoms with Gasteiger partial charge in [-0.2, -0.15) is 0 Å². The molecule has 0 saturated heterocycles. The number of hydrogen-bond donors (Lipinski definition) is 1. The quantitative estimate of drug-likeness (QED) is 0.736. The maximum atomic E-state index is 6.53. The highest BCUT2D eigenvalue weighted by atomic mass is 14.6. The van der Waals surface area contributed by atoms with E-state index in [0.29, 0.717) is 0 Å². The number of hydrogen-bond acceptors (Lipinski definition) is 1. The number of rotatable bonds is 3. The van der Waals surface area contributed by atoms with E-state index in [-0.39, 0.29) is 6.04 Å². The standard InChI is InChI=1S/C20H21N/c1-14-7-5-8-15(2)19(14)13-20(21)18-12-6-10-16-9-3-4-11-17(16)18/h3-12,20H,13,21H2,1-2H3. The van der Waals surface area contributed by atoms with Gasteiger partial charge in [0.25, 0.3) is 0 Å². The largest absolute Gasteiger partial charge is 0.324 e. The van der Waals surface area contributed by atoms with Crippen molar-refractivity contribution in [3.05, 3.63) is 82.9 Å². The summed E-state index contributed by atoms with van der Waals surface area (Å²) in [7, 11) is 0. The Hall–Kier alpha value is -2.12. The third kappa shape index (κ3) is 2.70. The van der Waals surface area contributed by atoms with Gasteiger partial charge in [0.1, 0.15) is 0 Å². The summed E-state index contributed by atoms with van der Waals surface area (Å²) in [5.41, 5.74) is 11.8. The second kappa shape index (κ2) is 5.71. The topological polar surface area (TPSA) is 26.0 Å². The van der Waals surface area contributed by atoms with E-state index in [9.17, 15) is 0 Å². The number of nitrogens with two attached hydrogens (primary N) is 1. The van der Waals surface area contributed by atoms with Gasteiger partial charge in [0.2, 0.25) is 0 Å². The first kappa shape index (κ1) is 13.8. The molecule has 0 heterocycles.